The van der Waals surface area contributed by atoms with Gasteiger partial charge in [0.2, 0.25) is 17.8 Å². The van der Waals surface area contributed by atoms with E-state index in [-0.39, 0.29) is 48.8 Å². The van der Waals surface area contributed by atoms with Gasteiger partial charge in [-0.1, -0.05) is 18.6 Å². The lowest BCUT2D eigenvalue weighted by Gasteiger charge is -2.30. The maximum atomic E-state index is 13.5. The first-order chi connectivity index (χ1) is 29.9. The number of anilines is 1. The van der Waals surface area contributed by atoms with Crippen LogP contribution in [0.25, 0.3) is 11.0 Å². The molecule has 4 heterocycles. The number of nitrogens with zero attached hydrogens (tertiary/aromatic N) is 4. The number of carbonyl (C=O) groups is 5. The molecule has 5 amide bonds. The average molecular weight is 859 g/mol. The molecule has 14 nitrogen and oxygen atoms in total. The molecule has 0 bridgehead atoms. The monoisotopic (exact) mass is 858 g/mol. The lowest BCUT2D eigenvalue weighted by atomic mass is 9.86. The Bertz CT molecular complexity index is 2340. The van der Waals surface area contributed by atoms with Gasteiger partial charge in [0.05, 0.1) is 47.5 Å². The number of aromatic nitrogens is 2. The van der Waals surface area contributed by atoms with E-state index in [9.17, 15) is 37.1 Å². The molecule has 3 aliphatic heterocycles. The number of piperidine rings is 2. The molecule has 3 aromatic carbocycles. The van der Waals surface area contributed by atoms with Crippen LogP contribution >= 0.6 is 0 Å². The molecule has 4 aromatic rings. The fourth-order valence-electron chi connectivity index (χ4n) is 8.88. The molecular weight excluding hydrogens is 810 g/mol. The fraction of sp³-hybridized carbons (Fsp3) is 0.467. The Morgan fingerprint density at radius 3 is 2.35 bits per heavy atom. The summed E-state index contributed by atoms with van der Waals surface area (Å²) in [4.78, 5) is 71.5. The van der Waals surface area contributed by atoms with Gasteiger partial charge in [0.1, 0.15) is 18.4 Å². The lowest BCUT2D eigenvalue weighted by molar-refractivity contribution is -0.138. The van der Waals surface area contributed by atoms with Crippen molar-refractivity contribution in [3.8, 4) is 5.75 Å². The molecule has 328 valence electrons. The van der Waals surface area contributed by atoms with Gasteiger partial charge in [0, 0.05) is 31.2 Å². The molecule has 4 aliphatic rings. The highest BCUT2D eigenvalue weighted by Crippen LogP contribution is 2.38. The number of imide groups is 2. The zero-order chi connectivity index (χ0) is 43.4. The lowest BCUT2D eigenvalue weighted by Crippen LogP contribution is -2.54. The van der Waals surface area contributed by atoms with Crippen LogP contribution in [0.1, 0.15) is 106 Å². The third-order valence-corrected chi connectivity index (χ3v) is 12.1. The number of hydrogen-bond acceptors (Lipinski definition) is 10. The topological polar surface area (TPSA) is 161 Å². The number of benzene rings is 3. The zero-order valence-electron chi connectivity index (χ0n) is 34.2. The summed E-state index contributed by atoms with van der Waals surface area (Å²) >= 11 is 0. The molecule has 3 fully saturated rings. The Morgan fingerprint density at radius 1 is 0.823 bits per heavy atom. The molecule has 2 saturated heterocycles. The van der Waals surface area contributed by atoms with Crippen LogP contribution in [0.4, 0.5) is 19.1 Å². The van der Waals surface area contributed by atoms with Crippen molar-refractivity contribution < 1.29 is 51.4 Å². The quantitative estimate of drug-likeness (QED) is 0.0993. The first-order valence-electron chi connectivity index (χ1n) is 21.3. The number of rotatable bonds is 15. The van der Waals surface area contributed by atoms with Crippen LogP contribution in [0.3, 0.4) is 0 Å². The van der Waals surface area contributed by atoms with Crippen LogP contribution < -0.4 is 15.4 Å². The molecule has 0 radical (unpaired) electrons. The normalized spacial score (nSPS) is 21.0. The van der Waals surface area contributed by atoms with Gasteiger partial charge in [0.15, 0.2) is 0 Å². The molecule has 0 spiro atoms. The molecular formula is C45H49F3N6O8. The van der Waals surface area contributed by atoms with Gasteiger partial charge < -0.3 is 18.8 Å². The number of imidazole rings is 1. The second-order valence-electron chi connectivity index (χ2n) is 16.4. The van der Waals surface area contributed by atoms with E-state index in [2.05, 4.69) is 21.6 Å². The molecule has 62 heavy (non-hydrogen) atoms. The number of fused-ring (bicyclic) bond motifs is 2. The highest BCUT2D eigenvalue weighted by Gasteiger charge is 2.44. The molecule has 1 saturated carbocycles. The first kappa shape index (κ1) is 43.0. The minimum absolute atomic E-state index is 0.0119. The molecule has 1 aromatic heterocycles. The van der Waals surface area contributed by atoms with Gasteiger partial charge in [-0.05, 0) is 118 Å². The molecule has 1 aliphatic carbocycles. The van der Waals surface area contributed by atoms with E-state index < -0.39 is 47.3 Å². The first-order valence-corrected chi connectivity index (χ1v) is 21.3. The number of hydrogen-bond donors (Lipinski definition) is 2. The largest absolute Gasteiger partial charge is 0.491 e. The smallest absolute Gasteiger partial charge is 0.416 e. The summed E-state index contributed by atoms with van der Waals surface area (Å²) in [6.07, 6.45) is 2.46. The highest BCUT2D eigenvalue weighted by molar-refractivity contribution is 6.23. The van der Waals surface area contributed by atoms with Crippen molar-refractivity contribution in [1.82, 2.24) is 24.7 Å². The van der Waals surface area contributed by atoms with Gasteiger partial charge in [-0.3, -0.25) is 44.4 Å². The van der Waals surface area contributed by atoms with E-state index in [0.29, 0.717) is 37.4 Å². The van der Waals surface area contributed by atoms with Crippen molar-refractivity contribution in [3.05, 3.63) is 88.5 Å². The number of alkyl halides is 3. The van der Waals surface area contributed by atoms with Crippen molar-refractivity contribution in [2.45, 2.75) is 82.6 Å². The van der Waals surface area contributed by atoms with Crippen molar-refractivity contribution in [2.24, 2.45) is 5.92 Å². The number of carbonyl (C=O) groups excluding carboxylic acids is 5. The summed E-state index contributed by atoms with van der Waals surface area (Å²) in [6.45, 7) is 4.61. The Hall–Kier alpha value is -5.65. The number of halogens is 3. The van der Waals surface area contributed by atoms with Crippen LogP contribution in [0.5, 0.6) is 5.75 Å². The van der Waals surface area contributed by atoms with E-state index in [0.717, 1.165) is 78.9 Å². The van der Waals surface area contributed by atoms with Crippen LogP contribution in [0, 0.1) is 5.92 Å². The number of nitrogens with one attached hydrogen (secondary N) is 2. The van der Waals surface area contributed by atoms with Gasteiger partial charge in [0.25, 0.3) is 17.7 Å². The van der Waals surface area contributed by atoms with Gasteiger partial charge >= 0.3 is 6.18 Å². The Kier molecular flexibility index (Phi) is 13.0. The van der Waals surface area contributed by atoms with Crippen LogP contribution in [-0.2, 0) is 31.8 Å². The van der Waals surface area contributed by atoms with E-state index in [1.807, 2.05) is 16.7 Å². The molecule has 2 N–H and O–H groups in total. The number of ether oxygens (including phenoxy) is 3. The van der Waals surface area contributed by atoms with Crippen LogP contribution in [0.15, 0.2) is 60.7 Å². The summed E-state index contributed by atoms with van der Waals surface area (Å²) in [7, 11) is 0. The predicted molar refractivity (Wildman–Crippen MR) is 219 cm³/mol. The summed E-state index contributed by atoms with van der Waals surface area (Å²) in [5, 5.41) is 5.03. The standard InChI is InChI=1S/C45H49F3N6O8/c46-45(47,48)31-6-4-5-30(24-31)40(56)51-44-49-36-23-29(26-52-17-2-1-3-18-52)9-14-37(36)53(44)32-10-7-28(8-11-32)27-61-20-19-60-21-22-62-33-12-13-34-35(25-33)43(59)54(42(34)58)38-15-16-39(55)50-41(38)57/h4-6,9,12-14,23-25,28,32,38H,1-3,7-8,10-11,15-22,26-27H2,(H,49,51,56)(H,50,55,57)/t28-,32+,38?. The fourth-order valence-corrected chi connectivity index (χ4v) is 8.88. The van der Waals surface area contributed by atoms with Crippen molar-refractivity contribution >= 4 is 46.5 Å². The molecule has 1 atom stereocenters. The second kappa shape index (κ2) is 18.8. The average Bonchev–Trinajstić information content (AvgIpc) is 3.74. The molecule has 8 rings (SSSR count). The minimum Gasteiger partial charge on any atom is -0.491 e. The summed E-state index contributed by atoms with van der Waals surface area (Å²) < 4.78 is 59.9. The minimum atomic E-state index is -4.58. The maximum absolute atomic E-state index is 13.5. The Morgan fingerprint density at radius 2 is 1.58 bits per heavy atom. The van der Waals surface area contributed by atoms with Gasteiger partial charge in [-0.2, -0.15) is 13.2 Å². The van der Waals surface area contributed by atoms with E-state index >= 15 is 0 Å². The third kappa shape index (κ3) is 9.69. The maximum Gasteiger partial charge on any atom is 0.416 e. The van der Waals surface area contributed by atoms with Gasteiger partial charge in [-0.15, -0.1) is 0 Å². The Labute approximate surface area is 356 Å². The van der Waals surface area contributed by atoms with Crippen LogP contribution in [-0.4, -0.2) is 101 Å². The van der Waals surface area contributed by atoms with E-state index in [4.69, 9.17) is 19.2 Å². The number of likely N-dealkylation sites (tertiary alicyclic amines) is 1. The van der Waals surface area contributed by atoms with E-state index in [1.54, 1.807) is 6.07 Å². The SMILES string of the molecule is O=C1CCC(N2C(=O)c3ccc(OCCOCCOC[C@H]4CC[C@@H](n5c(NC(=O)c6cccc(C(F)(F)F)c6)nc6cc(CN7CCCCC7)ccc65)CC4)cc3C2=O)C(=O)N1. The molecule has 17 heteroatoms. The second-order valence-corrected chi connectivity index (χ2v) is 16.4. The van der Waals surface area contributed by atoms with Gasteiger partial charge in [-0.25, -0.2) is 4.98 Å². The summed E-state index contributed by atoms with van der Waals surface area (Å²) in [5.41, 5.74) is 2.03. The summed E-state index contributed by atoms with van der Waals surface area (Å²) in [5.74, 6) is -1.96. The van der Waals surface area contributed by atoms with E-state index in [1.165, 1.54) is 43.5 Å². The van der Waals surface area contributed by atoms with Crippen molar-refractivity contribution in [3.63, 3.8) is 0 Å². The van der Waals surface area contributed by atoms with Crippen LogP contribution in [0.2, 0.25) is 0 Å². The number of amides is 5. The predicted octanol–water partition coefficient (Wildman–Crippen LogP) is 6.54. The van der Waals surface area contributed by atoms with Crippen molar-refractivity contribution in [1.29, 1.82) is 0 Å². The Balaban J connectivity index is 0.805. The summed E-state index contributed by atoms with van der Waals surface area (Å²) in [6, 6.07) is 14.1. The molecule has 1 unspecified atom stereocenters. The highest BCUT2D eigenvalue weighted by atomic mass is 19.4. The zero-order valence-corrected chi connectivity index (χ0v) is 34.2. The van der Waals surface area contributed by atoms with Crippen molar-refractivity contribution in [2.75, 3.05) is 51.4 Å². The third-order valence-electron chi connectivity index (χ3n) is 12.1.